The second-order valence-corrected chi connectivity index (χ2v) is 6.14. The van der Waals surface area contributed by atoms with Gasteiger partial charge in [-0.15, -0.1) is 0 Å². The minimum Gasteiger partial charge on any atom is -0.481 e. The van der Waals surface area contributed by atoms with Crippen LogP contribution in [0.4, 0.5) is 0 Å². The van der Waals surface area contributed by atoms with Crippen molar-refractivity contribution in [1.82, 2.24) is 0 Å². The molecule has 3 rings (SSSR count). The van der Waals surface area contributed by atoms with Crippen LogP contribution in [0.5, 0.6) is 0 Å². The van der Waals surface area contributed by atoms with E-state index in [1.165, 1.54) is 0 Å². The van der Waals surface area contributed by atoms with Crippen LogP contribution in [0.1, 0.15) is 31.7 Å². The average Bonchev–Trinajstić information content (AvgIpc) is 3.38. The molecule has 0 amide bonds. The number of benzene rings is 1. The Morgan fingerprint density at radius 2 is 1.91 bits per heavy atom. The van der Waals surface area contributed by atoms with E-state index in [-0.39, 0.29) is 12.6 Å². The van der Waals surface area contributed by atoms with Crippen LogP contribution in [0.15, 0.2) is 48.6 Å². The van der Waals surface area contributed by atoms with Crippen LogP contribution in [0.2, 0.25) is 0 Å². The van der Waals surface area contributed by atoms with Crippen LogP contribution in [-0.2, 0) is 14.3 Å². The molecule has 0 radical (unpaired) electrons. The van der Waals surface area contributed by atoms with Crippen molar-refractivity contribution in [2.24, 2.45) is 10.8 Å². The van der Waals surface area contributed by atoms with Gasteiger partial charge in [0.15, 0.2) is 0 Å². The molecule has 0 bridgehead atoms. The molecule has 1 atom stereocenters. The summed E-state index contributed by atoms with van der Waals surface area (Å²) in [5.74, 6) is -1.34. The molecule has 0 aromatic heterocycles. The Hall–Kier alpha value is -2.36. The van der Waals surface area contributed by atoms with Crippen molar-refractivity contribution < 1.29 is 19.4 Å². The first-order chi connectivity index (χ1) is 11.1. The maximum atomic E-state index is 12.3. The first-order valence-electron chi connectivity index (χ1n) is 7.91. The number of carboxylic acids is 1. The van der Waals surface area contributed by atoms with E-state index >= 15 is 0 Å². The number of carbonyl (C=O) groups excluding carboxylic acids is 1. The third-order valence-electron chi connectivity index (χ3n) is 4.95. The molecule has 0 saturated heterocycles. The molecule has 1 saturated carbocycles. The predicted molar refractivity (Wildman–Crippen MR) is 86.5 cm³/mol. The van der Waals surface area contributed by atoms with Crippen molar-refractivity contribution in [3.8, 4) is 0 Å². The van der Waals surface area contributed by atoms with Gasteiger partial charge in [-0.05, 0) is 37.3 Å². The average molecular weight is 312 g/mol. The van der Waals surface area contributed by atoms with E-state index in [1.807, 2.05) is 42.5 Å². The quantitative estimate of drug-likeness (QED) is 0.846. The van der Waals surface area contributed by atoms with Crippen molar-refractivity contribution in [1.29, 1.82) is 0 Å². The lowest BCUT2D eigenvalue weighted by Gasteiger charge is -2.35. The van der Waals surface area contributed by atoms with Gasteiger partial charge in [0.2, 0.25) is 0 Å². The van der Waals surface area contributed by atoms with Crippen LogP contribution in [0.25, 0.3) is 5.57 Å². The van der Waals surface area contributed by atoms with E-state index in [2.05, 4.69) is 0 Å². The molecular weight excluding hydrogens is 292 g/mol. The van der Waals surface area contributed by atoms with Gasteiger partial charge in [-0.2, -0.15) is 0 Å². The fourth-order valence-corrected chi connectivity index (χ4v) is 3.43. The summed E-state index contributed by atoms with van der Waals surface area (Å²) in [5.41, 5.74) is -0.0763. The number of rotatable bonds is 5. The first kappa shape index (κ1) is 15.5. The molecule has 0 heterocycles. The Morgan fingerprint density at radius 1 is 1.22 bits per heavy atom. The molecule has 1 unspecified atom stereocenters. The lowest BCUT2D eigenvalue weighted by molar-refractivity contribution is -0.164. The second-order valence-electron chi connectivity index (χ2n) is 6.14. The fraction of sp³-hybridized carbons (Fsp3) is 0.368. The topological polar surface area (TPSA) is 63.6 Å². The summed E-state index contributed by atoms with van der Waals surface area (Å²) in [6.07, 6.45) is 6.88. The van der Waals surface area contributed by atoms with Gasteiger partial charge in [-0.3, -0.25) is 9.59 Å². The number of ether oxygens (including phenoxy) is 1. The third kappa shape index (κ3) is 2.38. The van der Waals surface area contributed by atoms with Gasteiger partial charge in [-0.1, -0.05) is 48.6 Å². The lowest BCUT2D eigenvalue weighted by Crippen LogP contribution is -2.44. The molecule has 0 spiro atoms. The lowest BCUT2D eigenvalue weighted by atomic mass is 9.67. The second kappa shape index (κ2) is 5.69. The maximum Gasteiger partial charge on any atom is 0.315 e. The van der Waals surface area contributed by atoms with Crippen LogP contribution >= 0.6 is 0 Å². The number of hydrogen-bond donors (Lipinski definition) is 1. The number of carboxylic acid groups (broad SMARTS) is 1. The van der Waals surface area contributed by atoms with Crippen LogP contribution in [0.3, 0.4) is 0 Å². The van der Waals surface area contributed by atoms with E-state index in [1.54, 1.807) is 13.0 Å². The highest BCUT2D eigenvalue weighted by Crippen LogP contribution is 2.63. The zero-order valence-corrected chi connectivity index (χ0v) is 13.1. The Bertz CT molecular complexity index is 683. The van der Waals surface area contributed by atoms with Crippen molar-refractivity contribution >= 4 is 17.5 Å². The molecule has 1 aromatic carbocycles. The highest BCUT2D eigenvalue weighted by molar-refractivity contribution is 5.93. The Kier molecular flexibility index (Phi) is 3.84. The van der Waals surface area contributed by atoms with Crippen molar-refractivity contribution in [2.75, 3.05) is 6.61 Å². The van der Waals surface area contributed by atoms with Crippen molar-refractivity contribution in [2.45, 2.75) is 26.2 Å². The van der Waals surface area contributed by atoms with Crippen LogP contribution in [0, 0.1) is 10.8 Å². The Labute approximate surface area is 135 Å². The molecule has 1 aromatic rings. The molecular formula is C19H20O4. The van der Waals surface area contributed by atoms with E-state index in [0.29, 0.717) is 19.3 Å². The number of carbonyl (C=O) groups is 2. The van der Waals surface area contributed by atoms with Gasteiger partial charge in [0.05, 0.1) is 12.0 Å². The molecule has 1 fully saturated rings. The number of allylic oxidation sites excluding steroid dienone is 3. The normalized spacial score (nSPS) is 24.7. The van der Waals surface area contributed by atoms with Gasteiger partial charge in [0.25, 0.3) is 0 Å². The fourth-order valence-electron chi connectivity index (χ4n) is 3.43. The summed E-state index contributed by atoms with van der Waals surface area (Å²) in [6, 6.07) is 9.82. The van der Waals surface area contributed by atoms with Gasteiger partial charge in [0.1, 0.15) is 5.41 Å². The van der Waals surface area contributed by atoms with E-state index < -0.39 is 16.8 Å². The molecule has 2 aliphatic rings. The SMILES string of the molecule is CCOC(=O)C1(C2(C(=O)O)C=CC(c3ccccc3)=CC2)CC1. The number of esters is 1. The number of aliphatic carboxylic acids is 1. The molecule has 120 valence electrons. The maximum absolute atomic E-state index is 12.3. The van der Waals surface area contributed by atoms with E-state index in [9.17, 15) is 14.7 Å². The molecule has 4 heteroatoms. The van der Waals surface area contributed by atoms with E-state index in [4.69, 9.17) is 4.74 Å². The van der Waals surface area contributed by atoms with Gasteiger partial charge in [0, 0.05) is 0 Å². The van der Waals surface area contributed by atoms with Crippen LogP contribution in [-0.4, -0.2) is 23.7 Å². The summed E-state index contributed by atoms with van der Waals surface area (Å²) >= 11 is 0. The van der Waals surface area contributed by atoms with Crippen molar-refractivity contribution in [3.05, 3.63) is 54.1 Å². The molecule has 1 N–H and O–H groups in total. The number of hydrogen-bond acceptors (Lipinski definition) is 3. The standard InChI is InChI=1S/C19H20O4/c1-2-23-17(22)19(12-13-19)18(16(20)21)10-8-15(9-11-18)14-6-4-3-5-7-14/h3-10H,2,11-13H2,1H3,(H,20,21). The largest absolute Gasteiger partial charge is 0.481 e. The van der Waals surface area contributed by atoms with Crippen LogP contribution < -0.4 is 0 Å². The highest BCUT2D eigenvalue weighted by Gasteiger charge is 2.67. The Morgan fingerprint density at radius 3 is 2.39 bits per heavy atom. The summed E-state index contributed by atoms with van der Waals surface area (Å²) in [6.45, 7) is 2.01. The smallest absolute Gasteiger partial charge is 0.315 e. The van der Waals surface area contributed by atoms with Gasteiger partial charge >= 0.3 is 11.9 Å². The van der Waals surface area contributed by atoms with E-state index in [0.717, 1.165) is 11.1 Å². The predicted octanol–water partition coefficient (Wildman–Crippen LogP) is 3.44. The Balaban J connectivity index is 1.92. The van der Waals surface area contributed by atoms with Gasteiger partial charge < -0.3 is 9.84 Å². The summed E-state index contributed by atoms with van der Waals surface area (Å²) < 4.78 is 5.15. The summed E-state index contributed by atoms with van der Waals surface area (Å²) in [7, 11) is 0. The molecule has 23 heavy (non-hydrogen) atoms. The molecule has 2 aliphatic carbocycles. The van der Waals surface area contributed by atoms with Gasteiger partial charge in [-0.25, -0.2) is 0 Å². The third-order valence-corrected chi connectivity index (χ3v) is 4.95. The first-order valence-corrected chi connectivity index (χ1v) is 7.91. The minimum atomic E-state index is -1.20. The summed E-state index contributed by atoms with van der Waals surface area (Å²) in [4.78, 5) is 24.4. The minimum absolute atomic E-state index is 0.269. The summed E-state index contributed by atoms with van der Waals surface area (Å²) in [5, 5.41) is 9.85. The zero-order valence-electron chi connectivity index (χ0n) is 13.1. The zero-order chi connectivity index (χ0) is 16.5. The monoisotopic (exact) mass is 312 g/mol. The molecule has 0 aliphatic heterocycles. The molecule has 4 nitrogen and oxygen atoms in total. The van der Waals surface area contributed by atoms with Crippen molar-refractivity contribution in [3.63, 3.8) is 0 Å². The highest BCUT2D eigenvalue weighted by atomic mass is 16.5.